The molecule has 2 rings (SSSR count). The summed E-state index contributed by atoms with van der Waals surface area (Å²) in [5, 5.41) is 2.66. The molecule has 1 aromatic rings. The summed E-state index contributed by atoms with van der Waals surface area (Å²) in [5.74, 6) is -0.342. The highest BCUT2D eigenvalue weighted by molar-refractivity contribution is 8.13. The Kier molecular flexibility index (Phi) is 4.88. The minimum absolute atomic E-state index is 0.287. The molecule has 116 valence electrons. The van der Waals surface area contributed by atoms with E-state index in [9.17, 15) is 17.6 Å². The van der Waals surface area contributed by atoms with Crippen LogP contribution in [-0.2, 0) is 9.05 Å². The predicted molar refractivity (Wildman–Crippen MR) is 78.3 cm³/mol. The van der Waals surface area contributed by atoms with Crippen molar-refractivity contribution < 1.29 is 17.6 Å². The van der Waals surface area contributed by atoms with E-state index in [1.807, 2.05) is 0 Å². The molecule has 21 heavy (non-hydrogen) atoms. The molecule has 1 amide bonds. The maximum atomic E-state index is 13.7. The lowest BCUT2D eigenvalue weighted by Gasteiger charge is -2.12. The standard InChI is InChI=1S/C14H17ClFNO3S/c1-9-2-3-10(6-9)8-17-14(18)12-7-11(21(15,19)20)4-5-13(12)16/h4-5,7,9-10H,2-3,6,8H2,1H3,(H,17,18). The van der Waals surface area contributed by atoms with Gasteiger partial charge in [0, 0.05) is 17.2 Å². The fraction of sp³-hybridized carbons (Fsp3) is 0.500. The lowest BCUT2D eigenvalue weighted by Crippen LogP contribution is -2.29. The maximum Gasteiger partial charge on any atom is 0.261 e. The molecule has 4 nitrogen and oxygen atoms in total. The van der Waals surface area contributed by atoms with Crippen molar-refractivity contribution in [2.75, 3.05) is 6.54 Å². The van der Waals surface area contributed by atoms with Crippen LogP contribution in [0.2, 0.25) is 0 Å². The van der Waals surface area contributed by atoms with E-state index < -0.39 is 20.8 Å². The Balaban J connectivity index is 2.08. The molecule has 1 N–H and O–H groups in total. The van der Waals surface area contributed by atoms with Crippen LogP contribution >= 0.6 is 10.7 Å². The average molecular weight is 334 g/mol. The van der Waals surface area contributed by atoms with Crippen LogP contribution in [0, 0.1) is 17.7 Å². The summed E-state index contributed by atoms with van der Waals surface area (Å²) >= 11 is 0. The van der Waals surface area contributed by atoms with E-state index in [1.54, 1.807) is 0 Å². The smallest absolute Gasteiger partial charge is 0.261 e. The molecule has 0 aliphatic heterocycles. The van der Waals surface area contributed by atoms with Gasteiger partial charge < -0.3 is 5.32 Å². The van der Waals surface area contributed by atoms with E-state index in [0.717, 1.165) is 37.5 Å². The van der Waals surface area contributed by atoms with Crippen LogP contribution in [0.5, 0.6) is 0 Å². The first-order chi connectivity index (χ1) is 9.77. The van der Waals surface area contributed by atoms with Crippen LogP contribution in [0.1, 0.15) is 36.5 Å². The largest absolute Gasteiger partial charge is 0.352 e. The van der Waals surface area contributed by atoms with Gasteiger partial charge in [0.2, 0.25) is 0 Å². The molecule has 1 saturated carbocycles. The zero-order chi connectivity index (χ0) is 15.6. The third kappa shape index (κ3) is 4.17. The van der Waals surface area contributed by atoms with E-state index in [0.29, 0.717) is 18.4 Å². The van der Waals surface area contributed by atoms with Crippen molar-refractivity contribution in [1.82, 2.24) is 5.32 Å². The molecule has 0 saturated heterocycles. The van der Waals surface area contributed by atoms with E-state index in [2.05, 4.69) is 12.2 Å². The maximum absolute atomic E-state index is 13.7. The van der Waals surface area contributed by atoms with Gasteiger partial charge in [0.05, 0.1) is 10.5 Å². The number of hydrogen-bond donors (Lipinski definition) is 1. The summed E-state index contributed by atoms with van der Waals surface area (Å²) in [5.41, 5.74) is -0.303. The fourth-order valence-electron chi connectivity index (χ4n) is 2.67. The molecule has 1 fully saturated rings. The molecule has 2 atom stereocenters. The quantitative estimate of drug-likeness (QED) is 0.862. The first kappa shape index (κ1) is 16.2. The summed E-state index contributed by atoms with van der Waals surface area (Å²) in [6, 6.07) is 2.93. The average Bonchev–Trinajstić information content (AvgIpc) is 2.81. The molecule has 1 aromatic carbocycles. The predicted octanol–water partition coefficient (Wildman–Crippen LogP) is 2.92. The Hall–Kier alpha value is -1.14. The molecular weight excluding hydrogens is 317 g/mol. The number of rotatable bonds is 4. The Labute approximate surface area is 128 Å². The van der Waals surface area contributed by atoms with Crippen LogP contribution in [0.25, 0.3) is 0 Å². The first-order valence-electron chi connectivity index (χ1n) is 6.80. The van der Waals surface area contributed by atoms with Crippen molar-refractivity contribution in [2.24, 2.45) is 11.8 Å². The number of halogens is 2. The van der Waals surface area contributed by atoms with Crippen molar-refractivity contribution in [1.29, 1.82) is 0 Å². The van der Waals surface area contributed by atoms with E-state index in [1.165, 1.54) is 0 Å². The highest BCUT2D eigenvalue weighted by Crippen LogP contribution is 2.29. The van der Waals surface area contributed by atoms with E-state index in [4.69, 9.17) is 10.7 Å². The summed E-state index contributed by atoms with van der Waals surface area (Å²) in [7, 11) is 1.21. The lowest BCUT2D eigenvalue weighted by molar-refractivity contribution is 0.0943. The lowest BCUT2D eigenvalue weighted by atomic mass is 10.1. The molecule has 1 aliphatic carbocycles. The van der Waals surface area contributed by atoms with Crippen molar-refractivity contribution >= 4 is 25.6 Å². The SMILES string of the molecule is CC1CCC(CNC(=O)c2cc(S(=O)(=O)Cl)ccc2F)C1. The highest BCUT2D eigenvalue weighted by Gasteiger charge is 2.23. The van der Waals surface area contributed by atoms with Crippen molar-refractivity contribution in [3.8, 4) is 0 Å². The number of hydrogen-bond acceptors (Lipinski definition) is 3. The number of benzene rings is 1. The van der Waals surface area contributed by atoms with Crippen molar-refractivity contribution in [2.45, 2.75) is 31.1 Å². The molecule has 0 heterocycles. The minimum atomic E-state index is -3.99. The van der Waals surface area contributed by atoms with E-state index in [-0.39, 0.29) is 10.5 Å². The number of amides is 1. The molecule has 0 bridgehead atoms. The molecule has 7 heteroatoms. The van der Waals surface area contributed by atoms with Crippen molar-refractivity contribution in [3.05, 3.63) is 29.6 Å². The third-order valence-corrected chi connectivity index (χ3v) is 5.17. The van der Waals surface area contributed by atoms with Crippen molar-refractivity contribution in [3.63, 3.8) is 0 Å². The molecule has 2 unspecified atom stereocenters. The van der Waals surface area contributed by atoms with Gasteiger partial charge in [-0.3, -0.25) is 4.79 Å². The van der Waals surface area contributed by atoms with Gasteiger partial charge in [-0.15, -0.1) is 0 Å². The van der Waals surface area contributed by atoms with Gasteiger partial charge in [-0.2, -0.15) is 0 Å². The van der Waals surface area contributed by atoms with Gasteiger partial charge in [0.15, 0.2) is 0 Å². The molecule has 0 radical (unpaired) electrons. The van der Waals surface area contributed by atoms with Crippen LogP contribution < -0.4 is 5.32 Å². The third-order valence-electron chi connectivity index (χ3n) is 3.82. The first-order valence-corrected chi connectivity index (χ1v) is 9.10. The molecule has 0 aromatic heterocycles. The highest BCUT2D eigenvalue weighted by atomic mass is 35.7. The monoisotopic (exact) mass is 333 g/mol. The van der Waals surface area contributed by atoms with Crippen LogP contribution in [0.3, 0.4) is 0 Å². The topological polar surface area (TPSA) is 63.2 Å². The van der Waals surface area contributed by atoms with Crippen LogP contribution in [-0.4, -0.2) is 20.9 Å². The normalized spacial score (nSPS) is 22.2. The Morgan fingerprint density at radius 2 is 2.14 bits per heavy atom. The van der Waals surface area contributed by atoms with Gasteiger partial charge in [0.1, 0.15) is 5.82 Å². The fourth-order valence-corrected chi connectivity index (χ4v) is 3.45. The second-order valence-electron chi connectivity index (χ2n) is 5.57. The van der Waals surface area contributed by atoms with Gasteiger partial charge in [-0.25, -0.2) is 12.8 Å². The van der Waals surface area contributed by atoms with Gasteiger partial charge in [-0.05, 0) is 42.9 Å². The van der Waals surface area contributed by atoms with Crippen LogP contribution in [0.15, 0.2) is 23.1 Å². The second kappa shape index (κ2) is 6.32. The van der Waals surface area contributed by atoms with Gasteiger partial charge in [-0.1, -0.05) is 13.3 Å². The summed E-state index contributed by atoms with van der Waals surface area (Å²) < 4.78 is 36.1. The Bertz CT molecular complexity index is 648. The van der Waals surface area contributed by atoms with Crippen LogP contribution in [0.4, 0.5) is 4.39 Å². The number of nitrogens with one attached hydrogen (secondary N) is 1. The zero-order valence-electron chi connectivity index (χ0n) is 11.6. The zero-order valence-corrected chi connectivity index (χ0v) is 13.2. The second-order valence-corrected chi connectivity index (χ2v) is 8.14. The summed E-state index contributed by atoms with van der Waals surface area (Å²) in [6.07, 6.45) is 3.22. The molecule has 0 spiro atoms. The number of carbonyl (C=O) groups is 1. The molecule has 1 aliphatic rings. The molecular formula is C14H17ClFNO3S. The van der Waals surface area contributed by atoms with E-state index >= 15 is 0 Å². The summed E-state index contributed by atoms with van der Waals surface area (Å²) in [6.45, 7) is 2.64. The van der Waals surface area contributed by atoms with Gasteiger partial charge in [0.25, 0.3) is 15.0 Å². The Morgan fingerprint density at radius 1 is 1.43 bits per heavy atom. The Morgan fingerprint density at radius 3 is 2.71 bits per heavy atom. The number of carbonyl (C=O) groups excluding carboxylic acids is 1. The summed E-state index contributed by atoms with van der Waals surface area (Å²) in [4.78, 5) is 11.7. The van der Waals surface area contributed by atoms with Gasteiger partial charge >= 0.3 is 0 Å². The minimum Gasteiger partial charge on any atom is -0.352 e.